The van der Waals surface area contributed by atoms with Gasteiger partial charge in [0.05, 0.1) is 12.7 Å². The molecule has 0 unspecified atom stereocenters. The lowest BCUT2D eigenvalue weighted by Gasteiger charge is -2.05. The van der Waals surface area contributed by atoms with Gasteiger partial charge >= 0.3 is 0 Å². The highest BCUT2D eigenvalue weighted by atomic mass is 16.5. The smallest absolute Gasteiger partial charge is 0.136 e. The van der Waals surface area contributed by atoms with Crippen LogP contribution in [0.3, 0.4) is 0 Å². The molecule has 0 fully saturated rings. The van der Waals surface area contributed by atoms with E-state index in [1.54, 1.807) is 19.2 Å². The molecule has 0 aliphatic rings. The first-order chi connectivity index (χ1) is 9.62. The van der Waals surface area contributed by atoms with Gasteiger partial charge in [0.2, 0.25) is 0 Å². The molecule has 0 spiro atoms. The van der Waals surface area contributed by atoms with Gasteiger partial charge < -0.3 is 15.0 Å². The van der Waals surface area contributed by atoms with Crippen molar-refractivity contribution >= 4 is 5.82 Å². The van der Waals surface area contributed by atoms with Crippen molar-refractivity contribution in [2.75, 3.05) is 12.8 Å². The van der Waals surface area contributed by atoms with Crippen LogP contribution in [0.15, 0.2) is 18.2 Å². The van der Waals surface area contributed by atoms with Crippen LogP contribution in [0.4, 0.5) is 5.82 Å². The van der Waals surface area contributed by atoms with E-state index in [-0.39, 0.29) is 0 Å². The minimum Gasteiger partial charge on any atom is -0.495 e. The van der Waals surface area contributed by atoms with E-state index in [0.717, 1.165) is 29.9 Å². The molecule has 1 aromatic heterocycles. The van der Waals surface area contributed by atoms with Gasteiger partial charge in [-0.3, -0.25) is 0 Å². The molecule has 0 saturated heterocycles. The molecule has 1 aromatic carbocycles. The Balaban J connectivity index is 2.52. The normalized spacial score (nSPS) is 10.3. The number of nitriles is 1. The molecule has 0 bridgehead atoms. The first-order valence-electron chi connectivity index (χ1n) is 6.51. The molecule has 2 rings (SSSR count). The van der Waals surface area contributed by atoms with E-state index in [0.29, 0.717) is 17.1 Å². The van der Waals surface area contributed by atoms with Crippen LogP contribution in [0.5, 0.6) is 5.75 Å². The van der Waals surface area contributed by atoms with Crippen molar-refractivity contribution in [3.63, 3.8) is 0 Å². The summed E-state index contributed by atoms with van der Waals surface area (Å²) in [5.74, 6) is 2.12. The van der Waals surface area contributed by atoms with Crippen LogP contribution in [0, 0.1) is 11.3 Å². The number of anilines is 1. The van der Waals surface area contributed by atoms with E-state index < -0.39 is 0 Å². The Morgan fingerprint density at radius 1 is 1.45 bits per heavy atom. The van der Waals surface area contributed by atoms with Crippen LogP contribution in [0.2, 0.25) is 0 Å². The monoisotopic (exact) mass is 270 g/mol. The Morgan fingerprint density at radius 3 is 2.80 bits per heavy atom. The Hall–Kier alpha value is -2.48. The molecule has 5 heteroatoms. The fourth-order valence-electron chi connectivity index (χ4n) is 2.16. The highest BCUT2D eigenvalue weighted by molar-refractivity contribution is 5.73. The van der Waals surface area contributed by atoms with Gasteiger partial charge in [-0.25, -0.2) is 4.98 Å². The fourth-order valence-corrected chi connectivity index (χ4v) is 2.16. The minimum absolute atomic E-state index is 0.479. The Labute approximate surface area is 118 Å². The fraction of sp³-hybridized carbons (Fsp3) is 0.333. The summed E-state index contributed by atoms with van der Waals surface area (Å²) in [6, 6.07) is 7.51. The summed E-state index contributed by atoms with van der Waals surface area (Å²) >= 11 is 0. The van der Waals surface area contributed by atoms with Gasteiger partial charge in [-0.15, -0.1) is 0 Å². The molecule has 0 saturated carbocycles. The van der Waals surface area contributed by atoms with Crippen LogP contribution >= 0.6 is 0 Å². The number of rotatable bonds is 4. The second kappa shape index (κ2) is 5.66. The summed E-state index contributed by atoms with van der Waals surface area (Å²) in [7, 11) is 3.45. The third-order valence-corrected chi connectivity index (χ3v) is 3.30. The van der Waals surface area contributed by atoms with Gasteiger partial charge in [0.1, 0.15) is 29.2 Å². The van der Waals surface area contributed by atoms with Crippen molar-refractivity contribution in [3.05, 3.63) is 29.6 Å². The van der Waals surface area contributed by atoms with Crippen LogP contribution in [-0.2, 0) is 13.5 Å². The molecule has 2 N–H and O–H groups in total. The van der Waals surface area contributed by atoms with E-state index in [1.165, 1.54) is 0 Å². The van der Waals surface area contributed by atoms with Crippen molar-refractivity contribution in [1.29, 1.82) is 5.26 Å². The lowest BCUT2D eigenvalue weighted by atomic mass is 10.1. The molecule has 0 amide bonds. The highest BCUT2D eigenvalue weighted by Crippen LogP contribution is 2.29. The summed E-state index contributed by atoms with van der Waals surface area (Å²) in [4.78, 5) is 4.59. The molecular weight excluding hydrogens is 252 g/mol. The lowest BCUT2D eigenvalue weighted by Crippen LogP contribution is -2.01. The largest absolute Gasteiger partial charge is 0.495 e. The van der Waals surface area contributed by atoms with E-state index in [4.69, 9.17) is 15.7 Å². The molecule has 20 heavy (non-hydrogen) atoms. The van der Waals surface area contributed by atoms with Crippen LogP contribution in [-0.4, -0.2) is 16.7 Å². The predicted molar refractivity (Wildman–Crippen MR) is 78.3 cm³/mol. The number of nitrogen functional groups attached to an aromatic ring is 1. The molecule has 0 radical (unpaired) electrons. The maximum Gasteiger partial charge on any atom is 0.136 e. The zero-order valence-electron chi connectivity index (χ0n) is 12.0. The number of methoxy groups -OCH3 is 1. The predicted octanol–water partition coefficient (Wildman–Crippen LogP) is 2.50. The number of nitrogens with two attached hydrogens (primary N) is 1. The quantitative estimate of drug-likeness (QED) is 0.926. The number of aromatic nitrogens is 2. The zero-order valence-corrected chi connectivity index (χ0v) is 12.0. The molecule has 0 aliphatic carbocycles. The number of benzene rings is 1. The molecule has 0 aliphatic heterocycles. The molecule has 104 valence electrons. The van der Waals surface area contributed by atoms with Crippen molar-refractivity contribution in [2.24, 2.45) is 7.05 Å². The number of ether oxygens (including phenoxy) is 1. The topological polar surface area (TPSA) is 76.9 Å². The molecule has 1 heterocycles. The summed E-state index contributed by atoms with van der Waals surface area (Å²) in [6.07, 6.45) is 1.89. The van der Waals surface area contributed by atoms with Gasteiger partial charge in [-0.05, 0) is 24.6 Å². The maximum atomic E-state index is 9.15. The molecule has 0 atom stereocenters. The van der Waals surface area contributed by atoms with Gasteiger partial charge in [-0.1, -0.05) is 6.92 Å². The minimum atomic E-state index is 0.479. The highest BCUT2D eigenvalue weighted by Gasteiger charge is 2.15. The van der Waals surface area contributed by atoms with Gasteiger partial charge in [0.15, 0.2) is 0 Å². The van der Waals surface area contributed by atoms with Gasteiger partial charge in [0.25, 0.3) is 0 Å². The number of imidazole rings is 1. The first-order valence-corrected chi connectivity index (χ1v) is 6.51. The van der Waals surface area contributed by atoms with Crippen molar-refractivity contribution < 1.29 is 4.74 Å². The van der Waals surface area contributed by atoms with Crippen molar-refractivity contribution in [3.8, 4) is 23.1 Å². The van der Waals surface area contributed by atoms with Crippen LogP contribution in [0.1, 0.15) is 24.7 Å². The third kappa shape index (κ3) is 2.32. The summed E-state index contributed by atoms with van der Waals surface area (Å²) in [5, 5.41) is 9.15. The second-order valence-corrected chi connectivity index (χ2v) is 4.60. The van der Waals surface area contributed by atoms with Gasteiger partial charge in [-0.2, -0.15) is 5.26 Å². The standard InChI is InChI=1S/C15H18N4O/c1-4-5-13-18-14(15(17)19(13)2)10-6-7-12(20-3)11(8-10)9-16/h6-8H,4-5,17H2,1-3H3. The van der Waals surface area contributed by atoms with Crippen molar-refractivity contribution in [1.82, 2.24) is 9.55 Å². The third-order valence-electron chi connectivity index (χ3n) is 3.30. The lowest BCUT2D eigenvalue weighted by molar-refractivity contribution is 0.413. The number of aryl methyl sites for hydroxylation is 1. The number of hydrogen-bond acceptors (Lipinski definition) is 4. The van der Waals surface area contributed by atoms with E-state index in [9.17, 15) is 0 Å². The first kappa shape index (κ1) is 13.9. The van der Waals surface area contributed by atoms with E-state index in [2.05, 4.69) is 18.0 Å². The Bertz CT molecular complexity index is 667. The van der Waals surface area contributed by atoms with Crippen LogP contribution < -0.4 is 10.5 Å². The number of nitrogens with zero attached hydrogens (tertiary/aromatic N) is 3. The molecule has 2 aromatic rings. The Kier molecular flexibility index (Phi) is 3.94. The Morgan fingerprint density at radius 2 is 2.20 bits per heavy atom. The number of hydrogen-bond donors (Lipinski definition) is 1. The summed E-state index contributed by atoms with van der Waals surface area (Å²) < 4.78 is 7.04. The molecule has 5 nitrogen and oxygen atoms in total. The zero-order chi connectivity index (χ0) is 14.7. The van der Waals surface area contributed by atoms with Crippen molar-refractivity contribution in [2.45, 2.75) is 19.8 Å². The maximum absolute atomic E-state index is 9.15. The van der Waals surface area contributed by atoms with E-state index >= 15 is 0 Å². The average Bonchev–Trinajstić information content (AvgIpc) is 2.75. The average molecular weight is 270 g/mol. The van der Waals surface area contributed by atoms with Crippen LogP contribution in [0.25, 0.3) is 11.3 Å². The summed E-state index contributed by atoms with van der Waals surface area (Å²) in [6.45, 7) is 2.10. The second-order valence-electron chi connectivity index (χ2n) is 4.60. The van der Waals surface area contributed by atoms with Gasteiger partial charge in [0, 0.05) is 19.0 Å². The SMILES string of the molecule is CCCc1nc(-c2ccc(OC)c(C#N)c2)c(N)n1C. The van der Waals surface area contributed by atoms with E-state index in [1.807, 2.05) is 17.7 Å². The molecular formula is C15H18N4O. The summed E-state index contributed by atoms with van der Waals surface area (Å²) in [5.41, 5.74) is 8.14.